The highest BCUT2D eigenvalue weighted by atomic mass is 32.2. The number of rotatable bonds is 6. The average molecular weight is 410 g/mol. The molecule has 2 aromatic heterocycles. The van der Waals surface area contributed by atoms with E-state index >= 15 is 0 Å². The van der Waals surface area contributed by atoms with Crippen molar-refractivity contribution in [1.82, 2.24) is 19.9 Å². The van der Waals surface area contributed by atoms with E-state index in [0.717, 1.165) is 16.9 Å². The Balaban J connectivity index is 1.52. The molecule has 27 heavy (non-hydrogen) atoms. The van der Waals surface area contributed by atoms with Crippen molar-refractivity contribution in [1.29, 1.82) is 0 Å². The van der Waals surface area contributed by atoms with Crippen molar-refractivity contribution in [2.24, 2.45) is 0 Å². The van der Waals surface area contributed by atoms with Gasteiger partial charge in [0.25, 0.3) is 10.0 Å². The lowest BCUT2D eigenvalue weighted by Gasteiger charge is -2.22. The molecule has 1 fully saturated rings. The number of sulfonamides is 1. The summed E-state index contributed by atoms with van der Waals surface area (Å²) >= 11 is 1.11. The van der Waals surface area contributed by atoms with Gasteiger partial charge >= 0.3 is 11.8 Å². The molecule has 1 aliphatic rings. The minimum Gasteiger partial charge on any atom is -0.359 e. The summed E-state index contributed by atoms with van der Waals surface area (Å²) < 4.78 is 32.0. The lowest BCUT2D eigenvalue weighted by Crippen LogP contribution is -2.47. The summed E-state index contributed by atoms with van der Waals surface area (Å²) in [6.07, 6.45) is 2.32. The van der Waals surface area contributed by atoms with Gasteiger partial charge in [-0.05, 0) is 29.1 Å². The highest BCUT2D eigenvalue weighted by Gasteiger charge is 2.37. The Hall–Kier alpha value is -2.34. The van der Waals surface area contributed by atoms with Gasteiger partial charge in [-0.3, -0.25) is 14.6 Å². The predicted molar refractivity (Wildman–Crippen MR) is 97.0 cm³/mol. The highest BCUT2D eigenvalue weighted by molar-refractivity contribution is 7.91. The number of nitrogens with zero attached hydrogens (tertiary/aromatic N) is 2. The molecule has 9 nitrogen and oxygen atoms in total. The molecule has 2 N–H and O–H groups in total. The molecule has 0 unspecified atom stereocenters. The molecule has 0 bridgehead atoms. The summed E-state index contributed by atoms with van der Waals surface area (Å²) in [4.78, 5) is 27.7. The summed E-state index contributed by atoms with van der Waals surface area (Å²) in [6.45, 7) is 0.480. The van der Waals surface area contributed by atoms with E-state index in [2.05, 4.69) is 15.6 Å². The van der Waals surface area contributed by atoms with Crippen LogP contribution in [0.1, 0.15) is 5.56 Å². The highest BCUT2D eigenvalue weighted by Crippen LogP contribution is 2.25. The Bertz CT molecular complexity index is 887. The molecule has 0 spiro atoms. The molecular weight excluding hydrogens is 392 g/mol. The van der Waals surface area contributed by atoms with Gasteiger partial charge in [-0.1, -0.05) is 6.07 Å². The van der Waals surface area contributed by atoms with Crippen LogP contribution >= 0.6 is 11.3 Å². The maximum absolute atomic E-state index is 12.6. The number of carbonyl (C=O) groups is 2. The van der Waals surface area contributed by atoms with E-state index in [1.54, 1.807) is 36.0 Å². The molecule has 1 saturated heterocycles. The molecule has 0 aliphatic carbocycles. The van der Waals surface area contributed by atoms with Gasteiger partial charge in [0.15, 0.2) is 0 Å². The quantitative estimate of drug-likeness (QED) is 0.644. The van der Waals surface area contributed by atoms with Crippen LogP contribution in [0.4, 0.5) is 0 Å². The van der Waals surface area contributed by atoms with E-state index in [1.165, 1.54) is 10.4 Å². The minimum atomic E-state index is -3.69. The predicted octanol–water partition coefficient (Wildman–Crippen LogP) is -0.0773. The maximum atomic E-state index is 12.6. The topological polar surface area (TPSA) is 118 Å². The second-order valence-electron chi connectivity index (χ2n) is 5.62. The number of thiophene rings is 1. The van der Waals surface area contributed by atoms with Gasteiger partial charge in [-0.15, -0.1) is 11.3 Å². The Morgan fingerprint density at radius 1 is 1.22 bits per heavy atom. The maximum Gasteiger partial charge on any atom is 0.309 e. The fraction of sp³-hybridized carbons (Fsp3) is 0.312. The number of pyridine rings is 1. The Morgan fingerprint density at radius 2 is 1.96 bits per heavy atom. The van der Waals surface area contributed by atoms with Crippen LogP contribution in [0.15, 0.2) is 46.2 Å². The van der Waals surface area contributed by atoms with Crippen LogP contribution in [-0.2, 0) is 30.9 Å². The monoisotopic (exact) mass is 410 g/mol. The lowest BCUT2D eigenvalue weighted by atomic mass is 10.3. The van der Waals surface area contributed by atoms with Crippen LogP contribution in [0.5, 0.6) is 0 Å². The van der Waals surface area contributed by atoms with Crippen LogP contribution in [-0.4, -0.2) is 55.4 Å². The van der Waals surface area contributed by atoms with Crippen molar-refractivity contribution < 1.29 is 22.7 Å². The molecule has 2 amide bonds. The number of amides is 2. The first kappa shape index (κ1) is 19.4. The molecule has 2 aromatic rings. The van der Waals surface area contributed by atoms with E-state index in [9.17, 15) is 18.0 Å². The summed E-state index contributed by atoms with van der Waals surface area (Å²) in [6, 6.07) is 6.61. The van der Waals surface area contributed by atoms with Gasteiger partial charge in [-0.25, -0.2) is 8.42 Å². The second-order valence-corrected chi connectivity index (χ2v) is 8.69. The zero-order valence-electron chi connectivity index (χ0n) is 14.2. The van der Waals surface area contributed by atoms with Crippen molar-refractivity contribution >= 4 is 33.2 Å². The fourth-order valence-corrected chi connectivity index (χ4v) is 5.12. The third-order valence-corrected chi connectivity index (χ3v) is 7.11. The number of ether oxygens (including phenoxy) is 1. The molecule has 1 atom stereocenters. The SMILES string of the molecule is O=C(NCc1ccncc1)C(=O)NC[C@H]1OCCN1S(=O)(=O)c1cccs1. The third kappa shape index (κ3) is 4.69. The van der Waals surface area contributed by atoms with E-state index < -0.39 is 28.1 Å². The number of hydrogen-bond acceptors (Lipinski definition) is 7. The normalized spacial score (nSPS) is 17.6. The van der Waals surface area contributed by atoms with Gasteiger partial charge in [-0.2, -0.15) is 4.31 Å². The van der Waals surface area contributed by atoms with Crippen LogP contribution in [0.2, 0.25) is 0 Å². The smallest absolute Gasteiger partial charge is 0.309 e. The van der Waals surface area contributed by atoms with Crippen molar-refractivity contribution in [2.75, 3.05) is 19.7 Å². The van der Waals surface area contributed by atoms with Gasteiger partial charge in [0, 0.05) is 25.5 Å². The summed E-state index contributed by atoms with van der Waals surface area (Å²) in [5.41, 5.74) is 0.804. The third-order valence-electron chi connectivity index (χ3n) is 3.85. The van der Waals surface area contributed by atoms with Gasteiger partial charge < -0.3 is 15.4 Å². The van der Waals surface area contributed by atoms with Gasteiger partial charge in [0.05, 0.1) is 13.2 Å². The minimum absolute atomic E-state index is 0.119. The number of hydrogen-bond donors (Lipinski definition) is 2. The molecular formula is C16H18N4O5S2. The molecule has 144 valence electrons. The average Bonchev–Trinajstić information content (AvgIpc) is 3.37. The molecule has 3 heterocycles. The first-order chi connectivity index (χ1) is 13.0. The van der Waals surface area contributed by atoms with Gasteiger partial charge in [0.2, 0.25) is 0 Å². The Labute approximate surface area is 160 Å². The summed E-state index contributed by atoms with van der Waals surface area (Å²) in [5, 5.41) is 6.58. The number of nitrogens with one attached hydrogen (secondary N) is 2. The summed E-state index contributed by atoms with van der Waals surface area (Å²) in [7, 11) is -3.69. The zero-order chi connectivity index (χ0) is 19.3. The van der Waals surface area contributed by atoms with Crippen molar-refractivity contribution in [3.8, 4) is 0 Å². The van der Waals surface area contributed by atoms with Gasteiger partial charge in [0.1, 0.15) is 10.4 Å². The first-order valence-corrected chi connectivity index (χ1v) is 10.4. The second kappa shape index (κ2) is 8.57. The zero-order valence-corrected chi connectivity index (χ0v) is 15.8. The molecule has 3 rings (SSSR count). The first-order valence-electron chi connectivity index (χ1n) is 8.10. The van der Waals surface area contributed by atoms with Crippen LogP contribution in [0.3, 0.4) is 0 Å². The van der Waals surface area contributed by atoms with Crippen molar-refractivity contribution in [3.05, 3.63) is 47.6 Å². The molecule has 0 saturated carbocycles. The number of aromatic nitrogens is 1. The van der Waals surface area contributed by atoms with E-state index in [0.29, 0.717) is 0 Å². The Kier molecular flexibility index (Phi) is 6.16. The number of carbonyl (C=O) groups excluding carboxylic acids is 2. The molecule has 11 heteroatoms. The lowest BCUT2D eigenvalue weighted by molar-refractivity contribution is -0.139. The van der Waals surface area contributed by atoms with Crippen molar-refractivity contribution in [2.45, 2.75) is 17.0 Å². The van der Waals surface area contributed by atoms with E-state index in [1.807, 2.05) is 0 Å². The van der Waals surface area contributed by atoms with Crippen LogP contribution in [0, 0.1) is 0 Å². The largest absolute Gasteiger partial charge is 0.359 e. The molecule has 0 radical (unpaired) electrons. The van der Waals surface area contributed by atoms with Crippen LogP contribution < -0.4 is 10.6 Å². The standard InChI is InChI=1S/C16H18N4O5S2/c21-15(18-10-12-3-5-17-6-4-12)16(22)19-11-13-20(7-8-25-13)27(23,24)14-2-1-9-26-14/h1-6,9,13H,7-8,10-11H2,(H,18,21)(H,19,22)/t13-/m1/s1. The van der Waals surface area contributed by atoms with Crippen LogP contribution in [0.25, 0.3) is 0 Å². The summed E-state index contributed by atoms with van der Waals surface area (Å²) in [5.74, 6) is -1.66. The van der Waals surface area contributed by atoms with E-state index in [4.69, 9.17) is 4.74 Å². The molecule has 0 aromatic carbocycles. The fourth-order valence-electron chi connectivity index (χ4n) is 2.49. The Morgan fingerprint density at radius 3 is 2.67 bits per heavy atom. The van der Waals surface area contributed by atoms with Crippen molar-refractivity contribution in [3.63, 3.8) is 0 Å². The van der Waals surface area contributed by atoms with E-state index in [-0.39, 0.29) is 30.5 Å². The molecule has 1 aliphatic heterocycles.